The van der Waals surface area contributed by atoms with Crippen molar-refractivity contribution in [2.45, 2.75) is 20.4 Å². The van der Waals surface area contributed by atoms with Crippen molar-refractivity contribution in [2.75, 3.05) is 0 Å². The molecule has 0 unspecified atom stereocenters. The lowest BCUT2D eigenvalue weighted by molar-refractivity contribution is 0.0999. The maximum absolute atomic E-state index is 11.7. The first-order valence-corrected chi connectivity index (χ1v) is 7.67. The number of carbonyl (C=O) groups is 1. The summed E-state index contributed by atoms with van der Waals surface area (Å²) >= 11 is 0. The smallest absolute Gasteiger partial charge is 0.250 e. The molecular weight excluding hydrogens is 284 g/mol. The minimum Gasteiger partial charge on any atom is -0.366 e. The highest BCUT2D eigenvalue weighted by atomic mass is 16.1. The van der Waals surface area contributed by atoms with E-state index in [9.17, 15) is 4.79 Å². The van der Waals surface area contributed by atoms with Crippen LogP contribution in [0.1, 0.15) is 27.2 Å². The number of nitrogens with zero attached hydrogens (tertiary/aromatic N) is 1. The monoisotopic (exact) mass is 304 g/mol. The molecule has 0 bridgehead atoms. The van der Waals surface area contributed by atoms with Gasteiger partial charge in [0, 0.05) is 17.9 Å². The SMILES string of the molecule is Cc1ccc(-c2cc(C(N)=O)c(C)n2Cc2ccccc2)cc1. The molecule has 3 rings (SSSR count). The first-order chi connectivity index (χ1) is 11.1. The Bertz CT molecular complexity index is 830. The number of aromatic nitrogens is 1. The number of nitrogens with two attached hydrogens (primary N) is 1. The first kappa shape index (κ1) is 15.1. The average Bonchev–Trinajstić information content (AvgIpc) is 2.87. The number of hydrogen-bond acceptors (Lipinski definition) is 1. The molecule has 3 nitrogen and oxygen atoms in total. The molecule has 0 radical (unpaired) electrons. The van der Waals surface area contributed by atoms with Gasteiger partial charge in [0.2, 0.25) is 0 Å². The van der Waals surface area contributed by atoms with Gasteiger partial charge in [-0.25, -0.2) is 0 Å². The van der Waals surface area contributed by atoms with Crippen LogP contribution in [0.3, 0.4) is 0 Å². The third-order valence-corrected chi connectivity index (χ3v) is 4.16. The summed E-state index contributed by atoms with van der Waals surface area (Å²) in [6.07, 6.45) is 0. The van der Waals surface area contributed by atoms with Crippen LogP contribution in [0, 0.1) is 13.8 Å². The van der Waals surface area contributed by atoms with Crippen LogP contribution in [0.5, 0.6) is 0 Å². The molecule has 1 heterocycles. The van der Waals surface area contributed by atoms with Gasteiger partial charge >= 0.3 is 0 Å². The maximum Gasteiger partial charge on any atom is 0.250 e. The van der Waals surface area contributed by atoms with Crippen molar-refractivity contribution < 1.29 is 4.79 Å². The Morgan fingerprint density at radius 3 is 2.26 bits per heavy atom. The number of amides is 1. The van der Waals surface area contributed by atoms with E-state index in [1.807, 2.05) is 31.2 Å². The molecule has 116 valence electrons. The fraction of sp³-hybridized carbons (Fsp3) is 0.150. The molecule has 0 spiro atoms. The highest BCUT2D eigenvalue weighted by Crippen LogP contribution is 2.27. The number of hydrogen-bond donors (Lipinski definition) is 1. The van der Waals surface area contributed by atoms with E-state index in [1.54, 1.807) is 0 Å². The predicted molar refractivity (Wildman–Crippen MR) is 93.4 cm³/mol. The van der Waals surface area contributed by atoms with Gasteiger partial charge in [0.25, 0.3) is 5.91 Å². The lowest BCUT2D eigenvalue weighted by Crippen LogP contribution is -2.12. The van der Waals surface area contributed by atoms with Crippen molar-refractivity contribution in [3.63, 3.8) is 0 Å². The number of carbonyl (C=O) groups excluding carboxylic acids is 1. The molecule has 0 fully saturated rings. The fourth-order valence-corrected chi connectivity index (χ4v) is 2.83. The Labute approximate surface area is 136 Å². The van der Waals surface area contributed by atoms with Crippen molar-refractivity contribution in [1.82, 2.24) is 4.57 Å². The zero-order valence-corrected chi connectivity index (χ0v) is 13.4. The van der Waals surface area contributed by atoms with Gasteiger partial charge in [-0.05, 0) is 31.0 Å². The minimum atomic E-state index is -0.386. The third kappa shape index (κ3) is 3.04. The van der Waals surface area contributed by atoms with Gasteiger partial charge in [-0.3, -0.25) is 4.79 Å². The minimum absolute atomic E-state index is 0.386. The predicted octanol–water partition coefficient (Wildman–Crippen LogP) is 3.92. The first-order valence-electron chi connectivity index (χ1n) is 7.67. The van der Waals surface area contributed by atoms with E-state index in [1.165, 1.54) is 11.1 Å². The van der Waals surface area contributed by atoms with Gasteiger partial charge in [-0.15, -0.1) is 0 Å². The molecule has 0 aliphatic carbocycles. The number of benzene rings is 2. The normalized spacial score (nSPS) is 10.7. The van der Waals surface area contributed by atoms with E-state index in [4.69, 9.17) is 5.73 Å². The second kappa shape index (κ2) is 6.13. The zero-order valence-electron chi connectivity index (χ0n) is 13.4. The van der Waals surface area contributed by atoms with Crippen molar-refractivity contribution in [1.29, 1.82) is 0 Å². The molecule has 1 amide bonds. The van der Waals surface area contributed by atoms with E-state index in [-0.39, 0.29) is 5.91 Å². The van der Waals surface area contributed by atoms with Gasteiger partial charge in [-0.2, -0.15) is 0 Å². The largest absolute Gasteiger partial charge is 0.366 e. The van der Waals surface area contributed by atoms with Gasteiger partial charge in [0.15, 0.2) is 0 Å². The van der Waals surface area contributed by atoms with Crippen molar-refractivity contribution >= 4 is 5.91 Å². The standard InChI is InChI=1S/C20H20N2O/c1-14-8-10-17(11-9-14)19-12-18(20(21)23)15(2)22(19)13-16-6-4-3-5-7-16/h3-12H,13H2,1-2H3,(H2,21,23). The summed E-state index contributed by atoms with van der Waals surface area (Å²) in [6, 6.07) is 20.4. The van der Waals surface area contributed by atoms with Crippen molar-refractivity contribution in [3.05, 3.63) is 83.0 Å². The number of aryl methyl sites for hydroxylation is 1. The molecule has 0 aliphatic heterocycles. The second-order valence-electron chi connectivity index (χ2n) is 5.83. The van der Waals surface area contributed by atoms with Crippen LogP contribution in [0.4, 0.5) is 0 Å². The Hall–Kier alpha value is -2.81. The van der Waals surface area contributed by atoms with Crippen LogP contribution in [-0.2, 0) is 6.54 Å². The van der Waals surface area contributed by atoms with Gasteiger partial charge < -0.3 is 10.3 Å². The summed E-state index contributed by atoms with van der Waals surface area (Å²) in [5.41, 5.74) is 11.5. The Balaban J connectivity index is 2.12. The number of rotatable bonds is 4. The summed E-state index contributed by atoms with van der Waals surface area (Å²) in [5, 5.41) is 0. The topological polar surface area (TPSA) is 48.0 Å². The zero-order chi connectivity index (χ0) is 16.4. The number of primary amides is 1. The third-order valence-electron chi connectivity index (χ3n) is 4.16. The fourth-order valence-electron chi connectivity index (χ4n) is 2.83. The molecule has 3 heteroatoms. The highest BCUT2D eigenvalue weighted by molar-refractivity contribution is 5.95. The summed E-state index contributed by atoms with van der Waals surface area (Å²) in [5.74, 6) is -0.386. The van der Waals surface area contributed by atoms with E-state index in [0.29, 0.717) is 12.1 Å². The second-order valence-corrected chi connectivity index (χ2v) is 5.83. The van der Waals surface area contributed by atoms with Crippen molar-refractivity contribution in [3.8, 4) is 11.3 Å². The lowest BCUT2D eigenvalue weighted by Gasteiger charge is -2.12. The van der Waals surface area contributed by atoms with Crippen LogP contribution in [-0.4, -0.2) is 10.5 Å². The molecule has 0 atom stereocenters. The molecule has 23 heavy (non-hydrogen) atoms. The average molecular weight is 304 g/mol. The molecular formula is C20H20N2O. The Morgan fingerprint density at radius 2 is 1.65 bits per heavy atom. The Morgan fingerprint density at radius 1 is 1.00 bits per heavy atom. The lowest BCUT2D eigenvalue weighted by atomic mass is 10.1. The molecule has 2 aromatic carbocycles. The summed E-state index contributed by atoms with van der Waals surface area (Å²) in [6.45, 7) is 4.72. The van der Waals surface area contributed by atoms with Gasteiger partial charge in [-0.1, -0.05) is 60.2 Å². The van der Waals surface area contributed by atoms with Crippen LogP contribution >= 0.6 is 0 Å². The molecule has 0 saturated heterocycles. The van der Waals surface area contributed by atoms with E-state index < -0.39 is 0 Å². The van der Waals surface area contributed by atoms with Gasteiger partial charge in [0.1, 0.15) is 0 Å². The molecule has 0 saturated carbocycles. The van der Waals surface area contributed by atoms with Crippen LogP contribution in [0.15, 0.2) is 60.7 Å². The van der Waals surface area contributed by atoms with E-state index in [2.05, 4.69) is 47.9 Å². The molecule has 3 aromatic rings. The van der Waals surface area contributed by atoms with Crippen LogP contribution in [0.2, 0.25) is 0 Å². The molecule has 2 N–H and O–H groups in total. The summed E-state index contributed by atoms with van der Waals surface area (Å²) in [4.78, 5) is 11.7. The highest BCUT2D eigenvalue weighted by Gasteiger charge is 2.16. The quantitative estimate of drug-likeness (QED) is 0.780. The van der Waals surface area contributed by atoms with Gasteiger partial charge in [0.05, 0.1) is 5.56 Å². The summed E-state index contributed by atoms with van der Waals surface area (Å²) in [7, 11) is 0. The molecule has 0 aliphatic rings. The van der Waals surface area contributed by atoms with E-state index in [0.717, 1.165) is 17.0 Å². The van der Waals surface area contributed by atoms with E-state index >= 15 is 0 Å². The Kier molecular flexibility index (Phi) is 4.02. The van der Waals surface area contributed by atoms with Crippen LogP contribution < -0.4 is 5.73 Å². The van der Waals surface area contributed by atoms with Crippen molar-refractivity contribution in [2.24, 2.45) is 5.73 Å². The maximum atomic E-state index is 11.7. The van der Waals surface area contributed by atoms with Crippen LogP contribution in [0.25, 0.3) is 11.3 Å². The molecule has 1 aromatic heterocycles. The summed E-state index contributed by atoms with van der Waals surface area (Å²) < 4.78 is 2.15.